The molecule has 0 radical (unpaired) electrons. The van der Waals surface area contributed by atoms with Gasteiger partial charge in [0.2, 0.25) is 0 Å². The molecule has 2 aromatic carbocycles. The zero-order chi connectivity index (χ0) is 13.7. The number of phenols is 4. The lowest BCUT2D eigenvalue weighted by Gasteiger charge is -1.95. The summed E-state index contributed by atoms with van der Waals surface area (Å²) in [5.41, 5.74) is 0. The molecule has 2 rings (SSSR count). The van der Waals surface area contributed by atoms with Gasteiger partial charge in [-0.05, 0) is 24.3 Å². The van der Waals surface area contributed by atoms with E-state index in [0.29, 0.717) is 0 Å². The van der Waals surface area contributed by atoms with Crippen LogP contribution in [0.4, 0.5) is 0 Å². The van der Waals surface area contributed by atoms with Crippen LogP contribution in [-0.4, -0.2) is 20.4 Å². The summed E-state index contributed by atoms with van der Waals surface area (Å²) < 4.78 is 0. The minimum Gasteiger partial charge on any atom is -0.506 e. The quantitative estimate of drug-likeness (QED) is 0.598. The van der Waals surface area contributed by atoms with Crippen molar-refractivity contribution in [1.29, 1.82) is 0 Å². The summed E-state index contributed by atoms with van der Waals surface area (Å²) in [7, 11) is 0. The van der Waals surface area contributed by atoms with Crippen molar-refractivity contribution in [3.05, 3.63) is 46.4 Å². The summed E-state index contributed by atoms with van der Waals surface area (Å²) >= 11 is 10.8. The van der Waals surface area contributed by atoms with Gasteiger partial charge in [-0.25, -0.2) is 0 Å². The lowest BCUT2D eigenvalue weighted by molar-refractivity contribution is 0.450. The number of phenolic OH excluding ortho intramolecular Hbond substituents is 4. The smallest absolute Gasteiger partial charge is 0.137 e. The number of hydrogen-bond donors (Lipinski definition) is 4. The Labute approximate surface area is 113 Å². The van der Waals surface area contributed by atoms with Gasteiger partial charge in [-0.1, -0.05) is 35.3 Å². The van der Waals surface area contributed by atoms with Crippen LogP contribution >= 0.6 is 23.2 Å². The topological polar surface area (TPSA) is 80.9 Å². The zero-order valence-corrected chi connectivity index (χ0v) is 10.5. The summed E-state index contributed by atoms with van der Waals surface area (Å²) in [5.74, 6) is -0.401. The van der Waals surface area contributed by atoms with E-state index in [1.165, 1.54) is 36.4 Å². The molecule has 96 valence electrons. The Morgan fingerprint density at radius 1 is 0.556 bits per heavy atom. The van der Waals surface area contributed by atoms with Gasteiger partial charge in [0.25, 0.3) is 0 Å². The van der Waals surface area contributed by atoms with E-state index in [0.717, 1.165) is 0 Å². The predicted molar refractivity (Wildman–Crippen MR) is 69.6 cm³/mol. The van der Waals surface area contributed by atoms with E-state index in [2.05, 4.69) is 0 Å². The second kappa shape index (κ2) is 6.23. The zero-order valence-electron chi connectivity index (χ0n) is 9.01. The third-order valence-electron chi connectivity index (χ3n) is 1.92. The first-order chi connectivity index (χ1) is 8.43. The van der Waals surface area contributed by atoms with Crippen LogP contribution in [0, 0.1) is 0 Å². The van der Waals surface area contributed by atoms with Gasteiger partial charge in [-0.2, -0.15) is 0 Å². The van der Waals surface area contributed by atoms with Crippen molar-refractivity contribution in [2.75, 3.05) is 0 Å². The molecule has 6 heteroatoms. The summed E-state index contributed by atoms with van der Waals surface area (Å²) in [6.45, 7) is 0. The number of halogens is 2. The van der Waals surface area contributed by atoms with E-state index in [1.54, 1.807) is 0 Å². The van der Waals surface area contributed by atoms with Gasteiger partial charge in [0.05, 0.1) is 0 Å². The Hall–Kier alpha value is -1.78. The Kier molecular flexibility index (Phi) is 4.95. The number of aromatic hydroxyl groups is 4. The Bertz CT molecular complexity index is 454. The third-order valence-corrected chi connectivity index (χ3v) is 2.69. The molecule has 2 aromatic rings. The maximum absolute atomic E-state index is 8.81. The normalized spacial score (nSPS) is 9.44. The molecule has 4 nitrogen and oxygen atoms in total. The van der Waals surface area contributed by atoms with Crippen molar-refractivity contribution in [2.45, 2.75) is 0 Å². The predicted octanol–water partition coefficient (Wildman–Crippen LogP) is 3.50. The molecular weight excluding hydrogens is 279 g/mol. The van der Waals surface area contributed by atoms with Gasteiger partial charge >= 0.3 is 0 Å². The molecule has 0 aliphatic carbocycles. The molecule has 0 heterocycles. The number of rotatable bonds is 0. The first-order valence-corrected chi connectivity index (χ1v) is 5.52. The Morgan fingerprint density at radius 3 is 0.944 bits per heavy atom. The maximum Gasteiger partial charge on any atom is 0.137 e. The van der Waals surface area contributed by atoms with Crippen LogP contribution in [0.15, 0.2) is 36.4 Å². The third kappa shape index (κ3) is 3.61. The highest BCUT2D eigenvalue weighted by Gasteiger charge is 2.00. The molecular formula is C12H10Cl2O4. The van der Waals surface area contributed by atoms with Crippen LogP contribution in [0.2, 0.25) is 10.0 Å². The average Bonchev–Trinajstić information content (AvgIpc) is 2.34. The summed E-state index contributed by atoms with van der Waals surface area (Å²) in [6, 6.07) is 8.64. The highest BCUT2D eigenvalue weighted by Crippen LogP contribution is 2.31. The highest BCUT2D eigenvalue weighted by atomic mass is 35.5. The standard InChI is InChI=1S/2C6H5ClO2/c2*7-6-4(8)2-1-3-5(6)9/h2*1-3,8-9H. The van der Waals surface area contributed by atoms with Crippen LogP contribution < -0.4 is 0 Å². The largest absolute Gasteiger partial charge is 0.506 e. The Morgan fingerprint density at radius 2 is 0.778 bits per heavy atom. The van der Waals surface area contributed by atoms with Gasteiger partial charge in [0.1, 0.15) is 33.0 Å². The molecule has 0 saturated carbocycles. The molecule has 0 saturated heterocycles. The second-order valence-electron chi connectivity index (χ2n) is 3.22. The van der Waals surface area contributed by atoms with E-state index in [9.17, 15) is 0 Å². The fourth-order valence-corrected chi connectivity index (χ4v) is 1.27. The first-order valence-electron chi connectivity index (χ1n) is 4.76. The number of hydrogen-bond acceptors (Lipinski definition) is 4. The highest BCUT2D eigenvalue weighted by molar-refractivity contribution is 6.33. The van der Waals surface area contributed by atoms with Crippen molar-refractivity contribution in [2.24, 2.45) is 0 Å². The molecule has 0 fully saturated rings. The summed E-state index contributed by atoms with van der Waals surface area (Å²) in [4.78, 5) is 0. The number of benzene rings is 2. The molecule has 0 aliphatic rings. The molecule has 0 bridgehead atoms. The maximum atomic E-state index is 8.81. The molecule has 0 amide bonds. The minimum atomic E-state index is -0.100. The Balaban J connectivity index is 0.000000180. The SMILES string of the molecule is Oc1cccc(O)c1Cl.Oc1cccc(O)c1Cl. The van der Waals surface area contributed by atoms with E-state index in [-0.39, 0.29) is 33.0 Å². The summed E-state index contributed by atoms with van der Waals surface area (Å²) in [6.07, 6.45) is 0. The average molecular weight is 289 g/mol. The van der Waals surface area contributed by atoms with Gasteiger partial charge in [0.15, 0.2) is 0 Å². The van der Waals surface area contributed by atoms with Crippen molar-refractivity contribution in [3.8, 4) is 23.0 Å². The molecule has 0 aromatic heterocycles. The van der Waals surface area contributed by atoms with E-state index in [1.807, 2.05) is 0 Å². The monoisotopic (exact) mass is 288 g/mol. The van der Waals surface area contributed by atoms with E-state index >= 15 is 0 Å². The minimum absolute atomic E-state index is 0.00231. The fourth-order valence-electron chi connectivity index (χ4n) is 1.02. The first kappa shape index (κ1) is 14.3. The van der Waals surface area contributed by atoms with Crippen LogP contribution in [0.25, 0.3) is 0 Å². The van der Waals surface area contributed by atoms with Crippen LogP contribution in [0.1, 0.15) is 0 Å². The van der Waals surface area contributed by atoms with Gasteiger partial charge in [-0.3, -0.25) is 0 Å². The lowest BCUT2D eigenvalue weighted by Crippen LogP contribution is -1.67. The molecule has 0 unspecified atom stereocenters. The van der Waals surface area contributed by atoms with E-state index in [4.69, 9.17) is 43.6 Å². The van der Waals surface area contributed by atoms with Crippen molar-refractivity contribution < 1.29 is 20.4 Å². The lowest BCUT2D eigenvalue weighted by atomic mass is 10.3. The van der Waals surface area contributed by atoms with Gasteiger partial charge in [0, 0.05) is 0 Å². The van der Waals surface area contributed by atoms with Crippen molar-refractivity contribution >= 4 is 23.2 Å². The molecule has 4 N–H and O–H groups in total. The van der Waals surface area contributed by atoms with Gasteiger partial charge in [-0.15, -0.1) is 0 Å². The van der Waals surface area contributed by atoms with E-state index < -0.39 is 0 Å². The molecule has 0 aliphatic heterocycles. The van der Waals surface area contributed by atoms with Crippen molar-refractivity contribution in [3.63, 3.8) is 0 Å². The fraction of sp³-hybridized carbons (Fsp3) is 0. The van der Waals surface area contributed by atoms with Crippen LogP contribution in [-0.2, 0) is 0 Å². The molecule has 0 spiro atoms. The van der Waals surface area contributed by atoms with Crippen LogP contribution in [0.5, 0.6) is 23.0 Å². The summed E-state index contributed by atoms with van der Waals surface area (Å²) in [5, 5.41) is 35.2. The molecule has 18 heavy (non-hydrogen) atoms. The second-order valence-corrected chi connectivity index (χ2v) is 3.98. The van der Waals surface area contributed by atoms with Gasteiger partial charge < -0.3 is 20.4 Å². The van der Waals surface area contributed by atoms with Crippen molar-refractivity contribution in [1.82, 2.24) is 0 Å². The van der Waals surface area contributed by atoms with Crippen LogP contribution in [0.3, 0.4) is 0 Å². The molecule has 0 atom stereocenters.